The summed E-state index contributed by atoms with van der Waals surface area (Å²) >= 11 is 11.5. The maximum Gasteiger partial charge on any atom is 0.243 e. The summed E-state index contributed by atoms with van der Waals surface area (Å²) in [7, 11) is 0. The lowest BCUT2D eigenvalue weighted by Gasteiger charge is -2.01. The molecule has 6 heteroatoms. The molecule has 0 bridgehead atoms. The van der Waals surface area contributed by atoms with Gasteiger partial charge in [0.2, 0.25) is 5.28 Å². The Morgan fingerprint density at radius 1 is 1.06 bits per heavy atom. The van der Waals surface area contributed by atoms with E-state index in [2.05, 4.69) is 15.2 Å². The van der Waals surface area contributed by atoms with Gasteiger partial charge in [0.1, 0.15) is 5.69 Å². The molecule has 16 heavy (non-hydrogen) atoms. The van der Waals surface area contributed by atoms with Gasteiger partial charge in [-0.3, -0.25) is 0 Å². The molecule has 1 aromatic heterocycles. The first-order valence-corrected chi connectivity index (χ1v) is 5.02. The van der Waals surface area contributed by atoms with Crippen molar-refractivity contribution in [3.8, 4) is 17.3 Å². The van der Waals surface area contributed by atoms with Crippen LogP contribution in [0, 0.1) is 11.3 Å². The van der Waals surface area contributed by atoms with Crippen LogP contribution in [0.4, 0.5) is 0 Å². The van der Waals surface area contributed by atoms with Crippen LogP contribution in [0.2, 0.25) is 10.4 Å². The fraction of sp³-hybridized carbons (Fsp3) is 0. The summed E-state index contributed by atoms with van der Waals surface area (Å²) in [5.41, 5.74) is 1.75. The highest BCUT2D eigenvalue weighted by Crippen LogP contribution is 2.24. The molecule has 78 valence electrons. The van der Waals surface area contributed by atoms with E-state index < -0.39 is 0 Å². The van der Waals surface area contributed by atoms with Crippen LogP contribution >= 0.6 is 23.2 Å². The van der Waals surface area contributed by atoms with Crippen molar-refractivity contribution in [3.05, 3.63) is 40.3 Å². The van der Waals surface area contributed by atoms with Crippen molar-refractivity contribution in [2.24, 2.45) is 0 Å². The smallest absolute Gasteiger partial charge is 0.213 e. The third-order valence-corrected chi connectivity index (χ3v) is 2.32. The Labute approximate surface area is 101 Å². The predicted octanol–water partition coefficient (Wildman–Crippen LogP) is 2.72. The van der Waals surface area contributed by atoms with Crippen LogP contribution in [0.25, 0.3) is 11.3 Å². The van der Waals surface area contributed by atoms with E-state index in [9.17, 15) is 0 Å². The molecule has 2 aromatic rings. The normalized spacial score (nSPS) is 9.81. The molecule has 2 rings (SSSR count). The Morgan fingerprint density at radius 3 is 2.38 bits per heavy atom. The summed E-state index contributed by atoms with van der Waals surface area (Å²) in [6, 6.07) is 8.81. The number of nitriles is 1. The standard InChI is InChI=1S/C10H4Cl2N4/c11-9-8(14-10(12)16-15-9)7-3-1-6(5-13)2-4-7/h1-4H. The summed E-state index contributed by atoms with van der Waals surface area (Å²) in [4.78, 5) is 3.98. The van der Waals surface area contributed by atoms with Gasteiger partial charge in [0.25, 0.3) is 0 Å². The monoisotopic (exact) mass is 250 g/mol. The first-order chi connectivity index (χ1) is 7.70. The predicted molar refractivity (Wildman–Crippen MR) is 60.0 cm³/mol. The number of aromatic nitrogens is 3. The van der Waals surface area contributed by atoms with Gasteiger partial charge in [-0.05, 0) is 23.7 Å². The average molecular weight is 251 g/mol. The molecule has 0 aliphatic carbocycles. The maximum atomic E-state index is 8.66. The first-order valence-electron chi connectivity index (χ1n) is 4.27. The molecule has 0 aliphatic rings. The summed E-state index contributed by atoms with van der Waals surface area (Å²) in [5.74, 6) is 0. The zero-order valence-corrected chi connectivity index (χ0v) is 9.37. The van der Waals surface area contributed by atoms with Crippen molar-refractivity contribution >= 4 is 23.2 Å². The zero-order chi connectivity index (χ0) is 11.5. The lowest BCUT2D eigenvalue weighted by Crippen LogP contribution is -1.93. The molecule has 0 radical (unpaired) electrons. The van der Waals surface area contributed by atoms with Crippen LogP contribution in [-0.2, 0) is 0 Å². The lowest BCUT2D eigenvalue weighted by molar-refractivity contribution is 0.975. The van der Waals surface area contributed by atoms with Crippen molar-refractivity contribution in [2.75, 3.05) is 0 Å². The van der Waals surface area contributed by atoms with E-state index in [0.717, 1.165) is 5.56 Å². The molecular weight excluding hydrogens is 247 g/mol. The van der Waals surface area contributed by atoms with Crippen molar-refractivity contribution in [3.63, 3.8) is 0 Å². The van der Waals surface area contributed by atoms with Crippen molar-refractivity contribution in [1.29, 1.82) is 5.26 Å². The topological polar surface area (TPSA) is 62.5 Å². The van der Waals surface area contributed by atoms with Gasteiger partial charge in [0.05, 0.1) is 11.6 Å². The Hall–Kier alpha value is -1.70. The van der Waals surface area contributed by atoms with E-state index in [-0.39, 0.29) is 10.4 Å². The van der Waals surface area contributed by atoms with Crippen LogP contribution in [0.1, 0.15) is 5.56 Å². The van der Waals surface area contributed by atoms with E-state index in [1.54, 1.807) is 24.3 Å². The summed E-state index contributed by atoms with van der Waals surface area (Å²) in [6.07, 6.45) is 0. The second kappa shape index (κ2) is 4.44. The molecule has 0 saturated carbocycles. The maximum absolute atomic E-state index is 8.66. The number of rotatable bonds is 1. The highest BCUT2D eigenvalue weighted by atomic mass is 35.5. The number of benzene rings is 1. The highest BCUT2D eigenvalue weighted by Gasteiger charge is 2.08. The third kappa shape index (κ3) is 2.11. The minimum absolute atomic E-state index is 0.0313. The largest absolute Gasteiger partial charge is 0.243 e. The SMILES string of the molecule is N#Cc1ccc(-c2nc(Cl)nnc2Cl)cc1. The number of hydrogen-bond acceptors (Lipinski definition) is 4. The Kier molecular flexibility index (Phi) is 3.00. The molecule has 1 aromatic carbocycles. The third-order valence-electron chi connectivity index (χ3n) is 1.91. The number of hydrogen-bond donors (Lipinski definition) is 0. The minimum atomic E-state index is 0.0313. The van der Waals surface area contributed by atoms with Crippen LogP contribution < -0.4 is 0 Å². The Morgan fingerprint density at radius 2 is 1.75 bits per heavy atom. The van der Waals surface area contributed by atoms with Gasteiger partial charge in [-0.15, -0.1) is 10.2 Å². The van der Waals surface area contributed by atoms with Gasteiger partial charge in [-0.2, -0.15) is 5.26 Å². The molecule has 0 saturated heterocycles. The zero-order valence-electron chi connectivity index (χ0n) is 7.85. The Balaban J connectivity index is 2.50. The highest BCUT2D eigenvalue weighted by molar-refractivity contribution is 6.32. The van der Waals surface area contributed by atoms with Gasteiger partial charge in [0.15, 0.2) is 5.15 Å². The van der Waals surface area contributed by atoms with Gasteiger partial charge in [-0.25, -0.2) is 4.98 Å². The molecule has 0 spiro atoms. The van der Waals surface area contributed by atoms with Gasteiger partial charge >= 0.3 is 0 Å². The molecular formula is C10H4Cl2N4. The fourth-order valence-electron chi connectivity index (χ4n) is 1.18. The molecule has 0 N–H and O–H groups in total. The molecule has 4 nitrogen and oxygen atoms in total. The average Bonchev–Trinajstić information content (AvgIpc) is 2.32. The Bertz CT molecular complexity index is 560. The molecule has 0 aliphatic heterocycles. The second-order valence-corrected chi connectivity index (χ2v) is 3.61. The van der Waals surface area contributed by atoms with Crippen LogP contribution in [0.15, 0.2) is 24.3 Å². The van der Waals surface area contributed by atoms with E-state index in [4.69, 9.17) is 28.5 Å². The summed E-state index contributed by atoms with van der Waals surface area (Å²) in [5, 5.41) is 16.0. The second-order valence-electron chi connectivity index (χ2n) is 2.91. The van der Waals surface area contributed by atoms with Gasteiger partial charge in [0, 0.05) is 5.56 Å². The first kappa shape index (κ1) is 10.8. The summed E-state index contributed by atoms with van der Waals surface area (Å²) < 4.78 is 0. The van der Waals surface area contributed by atoms with E-state index in [1.165, 1.54) is 0 Å². The van der Waals surface area contributed by atoms with Gasteiger partial charge < -0.3 is 0 Å². The van der Waals surface area contributed by atoms with Crippen LogP contribution in [0.3, 0.4) is 0 Å². The van der Waals surface area contributed by atoms with E-state index >= 15 is 0 Å². The summed E-state index contributed by atoms with van der Waals surface area (Å²) in [6.45, 7) is 0. The van der Waals surface area contributed by atoms with E-state index in [1.807, 2.05) is 6.07 Å². The van der Waals surface area contributed by atoms with Crippen LogP contribution in [0.5, 0.6) is 0 Å². The quantitative estimate of drug-likeness (QED) is 0.781. The molecule has 0 amide bonds. The van der Waals surface area contributed by atoms with Gasteiger partial charge in [-0.1, -0.05) is 23.7 Å². The molecule has 0 fully saturated rings. The van der Waals surface area contributed by atoms with E-state index in [0.29, 0.717) is 11.3 Å². The number of halogens is 2. The van der Waals surface area contributed by atoms with Crippen molar-refractivity contribution in [1.82, 2.24) is 15.2 Å². The molecule has 0 unspecified atom stereocenters. The number of nitrogens with zero attached hydrogens (tertiary/aromatic N) is 4. The van der Waals surface area contributed by atoms with Crippen molar-refractivity contribution in [2.45, 2.75) is 0 Å². The minimum Gasteiger partial charge on any atom is -0.213 e. The fourth-order valence-corrected chi connectivity index (χ4v) is 1.49. The lowest BCUT2D eigenvalue weighted by atomic mass is 10.1. The van der Waals surface area contributed by atoms with Crippen LogP contribution in [-0.4, -0.2) is 15.2 Å². The van der Waals surface area contributed by atoms with Crippen molar-refractivity contribution < 1.29 is 0 Å². The molecule has 1 heterocycles. The molecule has 0 atom stereocenters.